The lowest BCUT2D eigenvalue weighted by Gasteiger charge is -2.34. The van der Waals surface area contributed by atoms with Crippen LogP contribution in [-0.2, 0) is 10.3 Å². The number of H-pyrrole nitrogens is 1. The smallest absolute Gasteiger partial charge is 0.270 e. The van der Waals surface area contributed by atoms with Gasteiger partial charge in [0.05, 0.1) is 0 Å². The lowest BCUT2D eigenvalue weighted by atomic mass is 9.82. The van der Waals surface area contributed by atoms with E-state index in [9.17, 15) is 14.7 Å². The first kappa shape index (κ1) is 20.7. The van der Waals surface area contributed by atoms with Crippen molar-refractivity contribution in [2.45, 2.75) is 43.9 Å². The fraction of sp³-hybridized carbons (Fsp3) is 0.259. The van der Waals surface area contributed by atoms with Crippen LogP contribution in [0.4, 0.5) is 0 Å². The number of Topliss-reactive ketones (excluding diaryl/α,β-unsaturated/α-hetero) is 1. The third-order valence-corrected chi connectivity index (χ3v) is 7.24. The van der Waals surface area contributed by atoms with Crippen LogP contribution in [0, 0.1) is 0 Å². The number of amides is 1. The molecule has 7 heteroatoms. The fourth-order valence-electron chi connectivity index (χ4n) is 5.42. The number of carbonyl (C=O) groups is 2. The molecule has 1 aliphatic heterocycles. The maximum Gasteiger partial charge on any atom is 0.270 e. The van der Waals surface area contributed by atoms with Gasteiger partial charge in [-0.2, -0.15) is 0 Å². The molecule has 34 heavy (non-hydrogen) atoms. The van der Waals surface area contributed by atoms with Gasteiger partial charge in [-0.1, -0.05) is 32.1 Å². The van der Waals surface area contributed by atoms with Crippen molar-refractivity contribution in [3.05, 3.63) is 88.3 Å². The Labute approximate surface area is 196 Å². The molecule has 2 unspecified atom stereocenters. The number of allylic oxidation sites excluding steroid dienone is 2. The van der Waals surface area contributed by atoms with Crippen LogP contribution >= 0.6 is 0 Å². The topological polar surface area (TPSA) is 117 Å². The standard InChI is InChI=1S/C27H25N3O4/c1-14(2)15-6-8-18-22(13-15)34-27(33)19-4-3-5-20(28)23(19)24(31)26(18,27)30-25(32)17-7-9-21-16(12-17)10-11-29-21/h4,6-14,29,33H,3,5,28H2,1-2H3,(H,30,32). The van der Waals surface area contributed by atoms with E-state index in [1.165, 1.54) is 0 Å². The molecular formula is C27H25N3O4. The largest absolute Gasteiger partial charge is 0.454 e. The van der Waals surface area contributed by atoms with Gasteiger partial charge in [-0.15, -0.1) is 0 Å². The van der Waals surface area contributed by atoms with Crippen LogP contribution in [0.1, 0.15) is 54.1 Å². The Kier molecular flexibility index (Phi) is 4.17. The normalized spacial score (nSPS) is 25.2. The molecule has 1 fully saturated rings. The number of fused-ring (bicyclic) bond motifs is 6. The Bertz CT molecular complexity index is 1460. The van der Waals surface area contributed by atoms with E-state index in [1.807, 2.05) is 18.2 Å². The molecule has 0 bridgehead atoms. The second-order valence-corrected chi connectivity index (χ2v) is 9.53. The maximum atomic E-state index is 14.0. The van der Waals surface area contributed by atoms with Crippen LogP contribution < -0.4 is 15.8 Å². The van der Waals surface area contributed by atoms with Crippen molar-refractivity contribution in [1.29, 1.82) is 0 Å². The molecule has 3 aromatic rings. The minimum absolute atomic E-state index is 0.221. The van der Waals surface area contributed by atoms with Crippen molar-refractivity contribution in [3.8, 4) is 5.75 Å². The molecule has 2 aliphatic carbocycles. The summed E-state index contributed by atoms with van der Waals surface area (Å²) in [6.07, 6.45) is 4.67. The number of hydrogen-bond acceptors (Lipinski definition) is 5. The van der Waals surface area contributed by atoms with Crippen LogP contribution in [0.15, 0.2) is 71.6 Å². The van der Waals surface area contributed by atoms with E-state index in [0.717, 1.165) is 16.5 Å². The molecule has 2 heterocycles. The van der Waals surface area contributed by atoms with Crippen LogP contribution in [0.25, 0.3) is 10.9 Å². The molecule has 1 saturated carbocycles. The van der Waals surface area contributed by atoms with Gasteiger partial charge in [0, 0.05) is 45.1 Å². The number of carbonyl (C=O) groups excluding carboxylic acids is 2. The SMILES string of the molecule is CC(C)c1ccc2c(c1)OC1(O)C3=CCCC(N)=C3C(=O)C21NC(=O)c1ccc2[nH]ccc2c1. The molecule has 2 atom stereocenters. The summed E-state index contributed by atoms with van der Waals surface area (Å²) in [7, 11) is 0. The van der Waals surface area contributed by atoms with E-state index in [2.05, 4.69) is 24.1 Å². The number of nitrogens with one attached hydrogen (secondary N) is 2. The molecule has 5 N–H and O–H groups in total. The Morgan fingerprint density at radius 1 is 1.21 bits per heavy atom. The molecular weight excluding hydrogens is 430 g/mol. The molecule has 1 aromatic heterocycles. The summed E-state index contributed by atoms with van der Waals surface area (Å²) in [6.45, 7) is 4.11. The number of hydrogen-bond donors (Lipinski definition) is 4. The highest BCUT2D eigenvalue weighted by atomic mass is 16.6. The molecule has 0 radical (unpaired) electrons. The first-order chi connectivity index (χ1) is 16.3. The third kappa shape index (κ3) is 2.50. The van der Waals surface area contributed by atoms with Gasteiger partial charge in [0.1, 0.15) is 5.75 Å². The number of benzene rings is 2. The molecule has 6 rings (SSSR count). The Balaban J connectivity index is 1.54. The maximum absolute atomic E-state index is 14.0. The van der Waals surface area contributed by atoms with Crippen LogP contribution in [0.3, 0.4) is 0 Å². The van der Waals surface area contributed by atoms with E-state index in [1.54, 1.807) is 36.5 Å². The second kappa shape index (κ2) is 6.84. The molecule has 2 aromatic carbocycles. The predicted octanol–water partition coefficient (Wildman–Crippen LogP) is 3.51. The first-order valence-electron chi connectivity index (χ1n) is 11.5. The van der Waals surface area contributed by atoms with Crippen molar-refractivity contribution in [3.63, 3.8) is 0 Å². The van der Waals surface area contributed by atoms with Gasteiger partial charge in [-0.05, 0) is 54.7 Å². The number of ketones is 1. The highest BCUT2D eigenvalue weighted by Crippen LogP contribution is 2.59. The summed E-state index contributed by atoms with van der Waals surface area (Å²) in [5.41, 5.74) is 8.07. The highest BCUT2D eigenvalue weighted by Gasteiger charge is 2.74. The number of nitrogens with two attached hydrogens (primary N) is 1. The number of aliphatic hydroxyl groups is 1. The van der Waals surface area contributed by atoms with Gasteiger partial charge < -0.3 is 25.9 Å². The van der Waals surface area contributed by atoms with Gasteiger partial charge in [-0.3, -0.25) is 9.59 Å². The minimum Gasteiger partial charge on any atom is -0.454 e. The third-order valence-electron chi connectivity index (χ3n) is 7.24. The van der Waals surface area contributed by atoms with Gasteiger partial charge in [0.15, 0.2) is 0 Å². The van der Waals surface area contributed by atoms with E-state index < -0.39 is 23.0 Å². The van der Waals surface area contributed by atoms with E-state index in [4.69, 9.17) is 10.5 Å². The van der Waals surface area contributed by atoms with Crippen molar-refractivity contribution >= 4 is 22.6 Å². The molecule has 3 aliphatic rings. The Hall–Kier alpha value is -3.84. The zero-order valence-electron chi connectivity index (χ0n) is 18.9. The number of ether oxygens (including phenoxy) is 1. The van der Waals surface area contributed by atoms with Crippen molar-refractivity contribution in [2.24, 2.45) is 5.73 Å². The molecule has 7 nitrogen and oxygen atoms in total. The zero-order valence-corrected chi connectivity index (χ0v) is 18.9. The fourth-order valence-corrected chi connectivity index (χ4v) is 5.42. The molecule has 172 valence electrons. The average molecular weight is 456 g/mol. The first-order valence-corrected chi connectivity index (χ1v) is 11.5. The average Bonchev–Trinajstić information content (AvgIpc) is 3.43. The summed E-state index contributed by atoms with van der Waals surface area (Å²) in [5.74, 6) is -2.43. The van der Waals surface area contributed by atoms with Crippen molar-refractivity contribution in [2.75, 3.05) is 0 Å². The zero-order chi connectivity index (χ0) is 23.8. The Morgan fingerprint density at radius 3 is 2.82 bits per heavy atom. The lowest BCUT2D eigenvalue weighted by molar-refractivity contribution is -0.152. The quantitative estimate of drug-likeness (QED) is 0.482. The van der Waals surface area contributed by atoms with E-state index in [-0.39, 0.29) is 11.5 Å². The molecule has 0 saturated heterocycles. The minimum atomic E-state index is -2.09. The number of rotatable bonds is 3. The summed E-state index contributed by atoms with van der Waals surface area (Å²) in [5, 5.41) is 15.8. The monoisotopic (exact) mass is 455 g/mol. The summed E-state index contributed by atoms with van der Waals surface area (Å²) >= 11 is 0. The van der Waals surface area contributed by atoms with Gasteiger partial charge in [0.25, 0.3) is 11.7 Å². The van der Waals surface area contributed by atoms with Crippen LogP contribution in [-0.4, -0.2) is 27.6 Å². The lowest BCUT2D eigenvalue weighted by Crippen LogP contribution is -2.62. The van der Waals surface area contributed by atoms with Gasteiger partial charge >= 0.3 is 0 Å². The predicted molar refractivity (Wildman–Crippen MR) is 127 cm³/mol. The van der Waals surface area contributed by atoms with Crippen molar-refractivity contribution < 1.29 is 19.4 Å². The summed E-state index contributed by atoms with van der Waals surface area (Å²) < 4.78 is 6.15. The number of aromatic amines is 1. The summed E-state index contributed by atoms with van der Waals surface area (Å²) in [4.78, 5) is 30.7. The van der Waals surface area contributed by atoms with E-state index >= 15 is 0 Å². The van der Waals surface area contributed by atoms with Gasteiger partial charge in [-0.25, -0.2) is 0 Å². The summed E-state index contributed by atoms with van der Waals surface area (Å²) in [6, 6.07) is 12.6. The Morgan fingerprint density at radius 2 is 2.03 bits per heavy atom. The van der Waals surface area contributed by atoms with E-state index in [0.29, 0.717) is 41.0 Å². The van der Waals surface area contributed by atoms with Crippen LogP contribution in [0.5, 0.6) is 5.75 Å². The molecule has 0 spiro atoms. The van der Waals surface area contributed by atoms with Gasteiger partial charge in [0.2, 0.25) is 11.3 Å². The van der Waals surface area contributed by atoms with Crippen LogP contribution in [0.2, 0.25) is 0 Å². The second-order valence-electron chi connectivity index (χ2n) is 9.53. The number of aromatic nitrogens is 1. The van der Waals surface area contributed by atoms with Crippen molar-refractivity contribution in [1.82, 2.24) is 10.3 Å². The molecule has 1 amide bonds. The highest BCUT2D eigenvalue weighted by molar-refractivity contribution is 6.16.